The van der Waals surface area contributed by atoms with Crippen molar-refractivity contribution in [3.63, 3.8) is 0 Å². The Kier molecular flexibility index (Phi) is 2.48. The molecule has 0 bridgehead atoms. The van der Waals surface area contributed by atoms with E-state index in [1.165, 1.54) is 16.6 Å². The highest BCUT2D eigenvalue weighted by atomic mass is 32.1. The monoisotopic (exact) mass is 254 g/mol. The van der Waals surface area contributed by atoms with Crippen LogP contribution in [0.3, 0.4) is 0 Å². The summed E-state index contributed by atoms with van der Waals surface area (Å²) in [5.41, 5.74) is 0.940. The Morgan fingerprint density at radius 2 is 1.94 bits per heavy atom. The van der Waals surface area contributed by atoms with Crippen molar-refractivity contribution in [2.45, 2.75) is 12.6 Å². The van der Waals surface area contributed by atoms with E-state index < -0.39 is 6.23 Å². The minimum atomic E-state index is -0.578. The van der Waals surface area contributed by atoms with E-state index >= 15 is 0 Å². The summed E-state index contributed by atoms with van der Waals surface area (Å²) in [6.45, 7) is 0.422. The van der Waals surface area contributed by atoms with Crippen LogP contribution in [0.25, 0.3) is 0 Å². The molecule has 0 spiro atoms. The molecule has 1 aromatic rings. The average Bonchev–Trinajstić information content (AvgIpc) is 2.84. The Balaban J connectivity index is 1.88. The number of hydroxylamine groups is 2. The standard InChI is InChI=1S/C10H10N2O4S/c1-11-15-3-2-8(16-11)12-9(13)6-4-17-5-7(6)10(12)14/h4-5,8H,2-3H2,1H3. The van der Waals surface area contributed by atoms with Gasteiger partial charge in [-0.05, 0) is 0 Å². The summed E-state index contributed by atoms with van der Waals surface area (Å²) in [7, 11) is 1.59. The molecule has 1 saturated heterocycles. The van der Waals surface area contributed by atoms with E-state index in [0.717, 1.165) is 4.90 Å². The Labute approximate surface area is 101 Å². The number of hydrogen-bond acceptors (Lipinski definition) is 6. The maximum atomic E-state index is 12.0. The second-order valence-electron chi connectivity index (χ2n) is 3.80. The molecule has 0 radical (unpaired) electrons. The topological polar surface area (TPSA) is 59.1 Å². The number of amides is 2. The van der Waals surface area contributed by atoms with Crippen molar-refractivity contribution in [3.8, 4) is 0 Å². The van der Waals surface area contributed by atoms with Gasteiger partial charge in [0.1, 0.15) is 0 Å². The van der Waals surface area contributed by atoms with Crippen LogP contribution in [-0.4, -0.2) is 41.8 Å². The van der Waals surface area contributed by atoms with Crippen molar-refractivity contribution < 1.29 is 19.3 Å². The summed E-state index contributed by atoms with van der Waals surface area (Å²) in [5, 5.41) is 4.57. The van der Waals surface area contributed by atoms with Crippen molar-refractivity contribution in [3.05, 3.63) is 21.9 Å². The van der Waals surface area contributed by atoms with Gasteiger partial charge in [-0.15, -0.1) is 0 Å². The third-order valence-corrected chi connectivity index (χ3v) is 3.50. The molecule has 2 aliphatic rings. The lowest BCUT2D eigenvalue weighted by Crippen LogP contribution is -2.48. The van der Waals surface area contributed by atoms with Crippen molar-refractivity contribution in [2.75, 3.05) is 13.7 Å². The van der Waals surface area contributed by atoms with E-state index in [1.54, 1.807) is 17.8 Å². The van der Waals surface area contributed by atoms with Gasteiger partial charge in [0, 0.05) is 24.2 Å². The molecule has 6 nitrogen and oxygen atoms in total. The van der Waals surface area contributed by atoms with Crippen molar-refractivity contribution in [1.29, 1.82) is 0 Å². The number of nitrogens with zero attached hydrogens (tertiary/aromatic N) is 2. The maximum Gasteiger partial charge on any atom is 0.264 e. The average molecular weight is 254 g/mol. The second-order valence-corrected chi connectivity index (χ2v) is 4.54. The first-order chi connectivity index (χ1) is 8.18. The molecule has 3 rings (SSSR count). The fraction of sp³-hybridized carbons (Fsp3) is 0.400. The predicted octanol–water partition coefficient (Wildman–Crippen LogP) is 0.869. The molecule has 90 valence electrons. The zero-order valence-electron chi connectivity index (χ0n) is 9.08. The van der Waals surface area contributed by atoms with Crippen LogP contribution in [0, 0.1) is 0 Å². The molecule has 0 saturated carbocycles. The number of thiophene rings is 1. The fourth-order valence-corrected chi connectivity index (χ4v) is 2.75. The Bertz CT molecular complexity index is 456. The van der Waals surface area contributed by atoms with Gasteiger partial charge in [-0.1, -0.05) is 5.23 Å². The zero-order chi connectivity index (χ0) is 12.0. The van der Waals surface area contributed by atoms with Crippen molar-refractivity contribution >= 4 is 23.2 Å². The zero-order valence-corrected chi connectivity index (χ0v) is 9.90. The van der Waals surface area contributed by atoms with Crippen LogP contribution in [-0.2, 0) is 9.68 Å². The minimum absolute atomic E-state index is 0.286. The minimum Gasteiger partial charge on any atom is -0.274 e. The molecule has 0 aliphatic carbocycles. The highest BCUT2D eigenvalue weighted by Crippen LogP contribution is 2.29. The van der Waals surface area contributed by atoms with E-state index in [2.05, 4.69) is 0 Å². The van der Waals surface area contributed by atoms with Crippen LogP contribution in [0.4, 0.5) is 0 Å². The van der Waals surface area contributed by atoms with Crippen LogP contribution in [0.5, 0.6) is 0 Å². The number of imide groups is 1. The van der Waals surface area contributed by atoms with Gasteiger partial charge in [0.2, 0.25) is 0 Å². The van der Waals surface area contributed by atoms with Crippen molar-refractivity contribution in [1.82, 2.24) is 10.1 Å². The molecule has 3 heterocycles. The molecule has 2 aliphatic heterocycles. The highest BCUT2D eigenvalue weighted by molar-refractivity contribution is 7.08. The largest absolute Gasteiger partial charge is 0.274 e. The summed E-state index contributed by atoms with van der Waals surface area (Å²) in [6.07, 6.45) is -0.0960. The quantitative estimate of drug-likeness (QED) is 0.696. The first-order valence-corrected chi connectivity index (χ1v) is 6.10. The van der Waals surface area contributed by atoms with Crippen LogP contribution in [0.1, 0.15) is 27.1 Å². The van der Waals surface area contributed by atoms with Crippen molar-refractivity contribution in [2.24, 2.45) is 0 Å². The molecule has 17 heavy (non-hydrogen) atoms. The molecule has 0 aromatic carbocycles. The van der Waals surface area contributed by atoms with Gasteiger partial charge in [0.15, 0.2) is 6.23 Å². The fourth-order valence-electron chi connectivity index (χ4n) is 1.95. The maximum absolute atomic E-state index is 12.0. The molecule has 1 fully saturated rings. The highest BCUT2D eigenvalue weighted by Gasteiger charge is 2.42. The Morgan fingerprint density at radius 3 is 2.53 bits per heavy atom. The molecule has 0 N–H and O–H groups in total. The van der Waals surface area contributed by atoms with Gasteiger partial charge in [0.05, 0.1) is 17.7 Å². The summed E-state index contributed by atoms with van der Waals surface area (Å²) in [4.78, 5) is 35.6. The molecule has 1 atom stereocenters. The van der Waals surface area contributed by atoms with Crippen LogP contribution in [0.15, 0.2) is 10.8 Å². The third-order valence-electron chi connectivity index (χ3n) is 2.76. The van der Waals surface area contributed by atoms with E-state index in [4.69, 9.17) is 9.68 Å². The molecular formula is C10H10N2O4S. The molecule has 1 unspecified atom stereocenters. The molecule has 1 aromatic heterocycles. The number of fused-ring (bicyclic) bond motifs is 1. The SMILES string of the molecule is CN1OCCC(N2C(=O)c3cscc3C2=O)O1. The van der Waals surface area contributed by atoms with Gasteiger partial charge in [0.25, 0.3) is 11.8 Å². The smallest absolute Gasteiger partial charge is 0.264 e. The van der Waals surface area contributed by atoms with E-state index in [0.29, 0.717) is 24.2 Å². The van der Waals surface area contributed by atoms with E-state index in [9.17, 15) is 9.59 Å². The van der Waals surface area contributed by atoms with Gasteiger partial charge in [-0.3, -0.25) is 14.4 Å². The van der Waals surface area contributed by atoms with E-state index in [1.807, 2.05) is 0 Å². The molecule has 7 heteroatoms. The normalized spacial score (nSPS) is 25.5. The lowest BCUT2D eigenvalue weighted by Gasteiger charge is -2.33. The summed E-state index contributed by atoms with van der Waals surface area (Å²) >= 11 is 1.35. The van der Waals surface area contributed by atoms with Gasteiger partial charge in [-0.2, -0.15) is 11.3 Å². The van der Waals surface area contributed by atoms with Crippen LogP contribution in [0.2, 0.25) is 0 Å². The summed E-state index contributed by atoms with van der Waals surface area (Å²) < 4.78 is 0. The van der Waals surface area contributed by atoms with Gasteiger partial charge in [-0.25, -0.2) is 9.74 Å². The first-order valence-electron chi connectivity index (χ1n) is 5.16. The Morgan fingerprint density at radius 1 is 1.29 bits per heavy atom. The first kappa shape index (κ1) is 10.8. The lowest BCUT2D eigenvalue weighted by atomic mass is 10.2. The summed E-state index contributed by atoms with van der Waals surface area (Å²) in [5.74, 6) is -0.571. The van der Waals surface area contributed by atoms with Crippen LogP contribution < -0.4 is 0 Å². The predicted molar refractivity (Wildman–Crippen MR) is 58.0 cm³/mol. The number of hydrogen-bond donors (Lipinski definition) is 0. The second kappa shape index (κ2) is 3.88. The number of carbonyl (C=O) groups is 2. The molecule has 2 amide bonds. The Hall–Kier alpha value is -1.28. The van der Waals surface area contributed by atoms with Crippen LogP contribution >= 0.6 is 11.3 Å². The number of rotatable bonds is 1. The number of carbonyl (C=O) groups excluding carboxylic acids is 2. The summed E-state index contributed by atoms with van der Waals surface area (Å²) in [6, 6.07) is 0. The molecular weight excluding hydrogens is 244 g/mol. The lowest BCUT2D eigenvalue weighted by molar-refractivity contribution is -0.411. The van der Waals surface area contributed by atoms with E-state index in [-0.39, 0.29) is 11.8 Å². The van der Waals surface area contributed by atoms with Gasteiger partial charge >= 0.3 is 0 Å². The third kappa shape index (κ3) is 1.59. The van der Waals surface area contributed by atoms with Gasteiger partial charge < -0.3 is 0 Å².